The maximum Gasteiger partial charge on any atom is 0.408 e. The van der Waals surface area contributed by atoms with Crippen LogP contribution in [0, 0.1) is 18.3 Å². The Balaban J connectivity index is 2.46. The Bertz CT molecular complexity index is 943. The second-order valence-corrected chi connectivity index (χ2v) is 10.6. The van der Waals surface area contributed by atoms with Crippen LogP contribution in [0.4, 0.5) is 4.79 Å². The van der Waals surface area contributed by atoms with Gasteiger partial charge in [0.1, 0.15) is 17.7 Å². The van der Waals surface area contributed by atoms with E-state index in [9.17, 15) is 14.4 Å². The number of terminal acetylenes is 1. The number of hydrogen-bond donors (Lipinski definition) is 2. The van der Waals surface area contributed by atoms with Crippen LogP contribution in [0.3, 0.4) is 0 Å². The molecule has 0 aliphatic heterocycles. The van der Waals surface area contributed by atoms with E-state index in [1.165, 1.54) is 0 Å². The normalized spacial score (nSPS) is 15.7. The largest absolute Gasteiger partial charge is 0.444 e. The molecule has 0 radical (unpaired) electrons. The van der Waals surface area contributed by atoms with Crippen molar-refractivity contribution in [1.82, 2.24) is 15.5 Å². The highest BCUT2D eigenvalue weighted by Crippen LogP contribution is 2.37. The molecule has 198 valence electrons. The van der Waals surface area contributed by atoms with Gasteiger partial charge in [-0.1, -0.05) is 64.2 Å². The summed E-state index contributed by atoms with van der Waals surface area (Å²) in [6.07, 6.45) is 10.3. The number of ether oxygens (including phenoxy) is 1. The Labute approximate surface area is 216 Å². The van der Waals surface area contributed by atoms with Gasteiger partial charge in [-0.3, -0.25) is 9.59 Å². The zero-order chi connectivity index (χ0) is 26.9. The molecule has 0 saturated heterocycles. The van der Waals surface area contributed by atoms with Crippen molar-refractivity contribution in [2.75, 3.05) is 6.54 Å². The van der Waals surface area contributed by atoms with Gasteiger partial charge < -0.3 is 20.3 Å². The monoisotopic (exact) mass is 497 g/mol. The van der Waals surface area contributed by atoms with Gasteiger partial charge in [0.05, 0.1) is 0 Å². The lowest BCUT2D eigenvalue weighted by molar-refractivity contribution is -0.144. The summed E-state index contributed by atoms with van der Waals surface area (Å²) in [6, 6.07) is 5.44. The minimum atomic E-state index is -0.883. The van der Waals surface area contributed by atoms with Crippen LogP contribution in [-0.2, 0) is 14.3 Å². The third-order valence-electron chi connectivity index (χ3n) is 6.36. The van der Waals surface area contributed by atoms with E-state index in [1.54, 1.807) is 31.7 Å². The van der Waals surface area contributed by atoms with Gasteiger partial charge in [-0.05, 0) is 57.6 Å². The van der Waals surface area contributed by atoms with E-state index in [2.05, 4.69) is 23.5 Å². The van der Waals surface area contributed by atoms with E-state index >= 15 is 0 Å². The van der Waals surface area contributed by atoms with Crippen molar-refractivity contribution < 1.29 is 19.1 Å². The molecule has 36 heavy (non-hydrogen) atoms. The molecular formula is C29H43N3O4. The molecular weight excluding hydrogens is 454 g/mol. The number of carbonyl (C=O) groups excluding carboxylic acids is 3. The smallest absolute Gasteiger partial charge is 0.408 e. The Hall–Kier alpha value is -3.01. The number of unbranched alkanes of at least 4 members (excludes halogenated alkanes) is 2. The molecule has 1 aliphatic carbocycles. The highest BCUT2D eigenvalue weighted by atomic mass is 16.6. The summed E-state index contributed by atoms with van der Waals surface area (Å²) >= 11 is 0. The molecule has 1 fully saturated rings. The van der Waals surface area contributed by atoms with E-state index in [0.717, 1.165) is 32.1 Å². The van der Waals surface area contributed by atoms with Crippen molar-refractivity contribution in [2.45, 2.75) is 104 Å². The highest BCUT2D eigenvalue weighted by Gasteiger charge is 2.45. The minimum absolute atomic E-state index is 0.0956. The van der Waals surface area contributed by atoms with Gasteiger partial charge in [-0.2, -0.15) is 0 Å². The number of nitrogens with zero attached hydrogens (tertiary/aromatic N) is 1. The Morgan fingerprint density at radius 3 is 2.39 bits per heavy atom. The quantitative estimate of drug-likeness (QED) is 0.316. The van der Waals surface area contributed by atoms with Crippen LogP contribution in [0.5, 0.6) is 0 Å². The van der Waals surface area contributed by atoms with E-state index in [-0.39, 0.29) is 23.8 Å². The number of benzene rings is 1. The summed E-state index contributed by atoms with van der Waals surface area (Å²) in [7, 11) is 0. The summed E-state index contributed by atoms with van der Waals surface area (Å²) in [5.74, 6) is 1.96. The number of alkyl carbamates (subject to hydrolysis) is 1. The molecule has 1 aromatic rings. The fourth-order valence-electron chi connectivity index (χ4n) is 4.12. The summed E-state index contributed by atoms with van der Waals surface area (Å²) in [5.41, 5.74) is 0.494. The molecule has 7 nitrogen and oxygen atoms in total. The van der Waals surface area contributed by atoms with E-state index < -0.39 is 23.8 Å². The van der Waals surface area contributed by atoms with Crippen molar-refractivity contribution in [2.24, 2.45) is 5.92 Å². The lowest BCUT2D eigenvalue weighted by Crippen LogP contribution is -2.56. The van der Waals surface area contributed by atoms with Crippen LogP contribution in [0.2, 0.25) is 0 Å². The topological polar surface area (TPSA) is 87.7 Å². The molecule has 0 aromatic heterocycles. The Morgan fingerprint density at radius 2 is 1.83 bits per heavy atom. The molecule has 1 aromatic carbocycles. The molecule has 2 N–H and O–H groups in total. The van der Waals surface area contributed by atoms with Crippen molar-refractivity contribution in [3.8, 4) is 12.3 Å². The van der Waals surface area contributed by atoms with Crippen LogP contribution >= 0.6 is 0 Å². The first-order chi connectivity index (χ1) is 17.0. The molecule has 1 aliphatic rings. The first kappa shape index (κ1) is 29.2. The third kappa shape index (κ3) is 8.29. The molecule has 3 atom stereocenters. The summed E-state index contributed by atoms with van der Waals surface area (Å²) in [6.45, 7) is 11.8. The number of carbonyl (C=O) groups is 3. The molecule has 3 amide bonds. The van der Waals surface area contributed by atoms with E-state index in [1.807, 2.05) is 32.0 Å². The van der Waals surface area contributed by atoms with Crippen LogP contribution in [0.25, 0.3) is 0 Å². The molecule has 3 unspecified atom stereocenters. The zero-order valence-electron chi connectivity index (χ0n) is 22.7. The Kier molecular flexibility index (Phi) is 10.8. The van der Waals surface area contributed by atoms with Crippen LogP contribution in [-0.4, -0.2) is 47.0 Å². The van der Waals surface area contributed by atoms with Gasteiger partial charge in [-0.15, -0.1) is 6.42 Å². The number of hydrogen-bond acceptors (Lipinski definition) is 4. The lowest BCUT2D eigenvalue weighted by atomic mass is 9.94. The average Bonchev–Trinajstić information content (AvgIpc) is 3.66. The molecule has 7 heteroatoms. The minimum Gasteiger partial charge on any atom is -0.444 e. The van der Waals surface area contributed by atoms with E-state index in [0.29, 0.717) is 24.1 Å². The predicted octanol–water partition coefficient (Wildman–Crippen LogP) is 4.95. The van der Waals surface area contributed by atoms with Crippen molar-refractivity contribution in [3.05, 3.63) is 35.4 Å². The maximum absolute atomic E-state index is 14.1. The van der Waals surface area contributed by atoms with Crippen LogP contribution in [0.15, 0.2) is 24.3 Å². The van der Waals surface area contributed by atoms with E-state index in [4.69, 9.17) is 11.2 Å². The molecule has 0 bridgehead atoms. The predicted molar refractivity (Wildman–Crippen MR) is 142 cm³/mol. The highest BCUT2D eigenvalue weighted by molar-refractivity contribution is 5.93. The molecule has 0 spiro atoms. The first-order valence-corrected chi connectivity index (χ1v) is 13.2. The fraction of sp³-hybridized carbons (Fsp3) is 0.621. The van der Waals surface area contributed by atoms with Crippen molar-refractivity contribution >= 4 is 17.9 Å². The van der Waals surface area contributed by atoms with Crippen molar-refractivity contribution in [3.63, 3.8) is 0 Å². The zero-order valence-corrected chi connectivity index (χ0v) is 22.7. The SMILES string of the molecule is C#Cc1ccccc1C(C(=O)NCCCCC)N(C(=O)C(NC(=O)OC(C)(C)C)C(C)CC)C1CC1. The lowest BCUT2D eigenvalue weighted by Gasteiger charge is -2.36. The standard InChI is InChI=1S/C29H43N3O4/c1-8-11-14-19-30-26(33)25(23-16-13-12-15-21(23)10-3)32(22-17-18-22)27(34)24(20(4)9-2)31-28(35)36-29(5,6)7/h3,12-13,15-16,20,22,24-25H,8-9,11,14,17-19H2,1-2,4-7H3,(H,30,33)(H,31,35). The van der Waals surface area contributed by atoms with Crippen LogP contribution in [0.1, 0.15) is 97.2 Å². The summed E-state index contributed by atoms with van der Waals surface area (Å²) in [5, 5.41) is 5.82. The van der Waals surface area contributed by atoms with Gasteiger partial charge in [0.15, 0.2) is 0 Å². The van der Waals surface area contributed by atoms with Crippen molar-refractivity contribution in [1.29, 1.82) is 0 Å². The summed E-state index contributed by atoms with van der Waals surface area (Å²) < 4.78 is 5.45. The molecule has 2 rings (SSSR count). The molecule has 0 heterocycles. The second-order valence-electron chi connectivity index (χ2n) is 10.6. The van der Waals surface area contributed by atoms with Gasteiger partial charge in [0.25, 0.3) is 0 Å². The number of amides is 3. The van der Waals surface area contributed by atoms with Crippen LogP contribution < -0.4 is 10.6 Å². The number of rotatable bonds is 12. The van der Waals surface area contributed by atoms with Gasteiger partial charge >= 0.3 is 6.09 Å². The fourth-order valence-corrected chi connectivity index (χ4v) is 4.12. The molecule has 1 saturated carbocycles. The van der Waals surface area contributed by atoms with Gasteiger partial charge in [0, 0.05) is 18.2 Å². The number of nitrogens with one attached hydrogen (secondary N) is 2. The Morgan fingerprint density at radius 1 is 1.17 bits per heavy atom. The maximum atomic E-state index is 14.1. The van der Waals surface area contributed by atoms with Gasteiger partial charge in [0.2, 0.25) is 11.8 Å². The first-order valence-electron chi connectivity index (χ1n) is 13.2. The average molecular weight is 498 g/mol. The third-order valence-corrected chi connectivity index (χ3v) is 6.36. The van der Waals surface area contributed by atoms with Gasteiger partial charge in [-0.25, -0.2) is 4.79 Å². The second kappa shape index (κ2) is 13.3. The summed E-state index contributed by atoms with van der Waals surface area (Å²) in [4.78, 5) is 42.1.